The van der Waals surface area contributed by atoms with Crippen LogP contribution in [0.15, 0.2) is 77.4 Å². The zero-order valence-corrected chi connectivity index (χ0v) is 11.9. The number of ether oxygens (including phenoxy) is 1. The average molecular weight is 293 g/mol. The van der Waals surface area contributed by atoms with Crippen LogP contribution in [0.2, 0.25) is 0 Å². The van der Waals surface area contributed by atoms with Crippen LogP contribution in [-0.4, -0.2) is 12.5 Å². The molecule has 0 aliphatic heterocycles. The van der Waals surface area contributed by atoms with E-state index < -0.39 is 0 Å². The third kappa shape index (κ3) is 3.55. The molecular formula is C18H15NO3. The Labute approximate surface area is 128 Å². The molecule has 0 atom stereocenters. The van der Waals surface area contributed by atoms with Crippen molar-refractivity contribution in [2.24, 2.45) is 0 Å². The van der Waals surface area contributed by atoms with E-state index in [1.165, 1.54) is 0 Å². The minimum Gasteiger partial charge on any atom is -0.484 e. The smallest absolute Gasteiger partial charge is 0.262 e. The maximum Gasteiger partial charge on any atom is 0.262 e. The van der Waals surface area contributed by atoms with E-state index in [2.05, 4.69) is 5.32 Å². The normalized spacial score (nSPS) is 10.2. The third-order valence-corrected chi connectivity index (χ3v) is 3.09. The van der Waals surface area contributed by atoms with Gasteiger partial charge in [-0.3, -0.25) is 4.79 Å². The first-order chi connectivity index (χ1) is 10.8. The predicted octanol–water partition coefficient (Wildman–Crippen LogP) is 3.96. The van der Waals surface area contributed by atoms with E-state index in [1.54, 1.807) is 6.26 Å². The summed E-state index contributed by atoms with van der Waals surface area (Å²) >= 11 is 0. The van der Waals surface area contributed by atoms with E-state index in [0.717, 1.165) is 17.0 Å². The standard InChI is InChI=1S/C18H15NO3/c20-18(13-22-16-5-2-1-3-6-16)19-15-10-8-14(9-11-15)17-7-4-12-21-17/h1-12H,13H2,(H,19,20). The van der Waals surface area contributed by atoms with Crippen LogP contribution in [-0.2, 0) is 4.79 Å². The van der Waals surface area contributed by atoms with Crippen molar-refractivity contribution in [2.45, 2.75) is 0 Å². The fraction of sp³-hybridized carbons (Fsp3) is 0.0556. The molecule has 110 valence electrons. The molecule has 3 rings (SSSR count). The van der Waals surface area contributed by atoms with Crippen molar-refractivity contribution in [1.82, 2.24) is 0 Å². The highest BCUT2D eigenvalue weighted by Gasteiger charge is 2.05. The summed E-state index contributed by atoms with van der Waals surface area (Å²) in [4.78, 5) is 11.8. The summed E-state index contributed by atoms with van der Waals surface area (Å²) in [6.45, 7) is -0.0239. The van der Waals surface area contributed by atoms with Gasteiger partial charge in [-0.25, -0.2) is 0 Å². The van der Waals surface area contributed by atoms with Gasteiger partial charge in [0.2, 0.25) is 0 Å². The number of rotatable bonds is 5. The van der Waals surface area contributed by atoms with Crippen LogP contribution in [0.25, 0.3) is 11.3 Å². The first kappa shape index (κ1) is 13.9. The van der Waals surface area contributed by atoms with Crippen LogP contribution < -0.4 is 10.1 Å². The quantitative estimate of drug-likeness (QED) is 0.774. The van der Waals surface area contributed by atoms with Crippen LogP contribution in [0.5, 0.6) is 5.75 Å². The van der Waals surface area contributed by atoms with Gasteiger partial charge < -0.3 is 14.5 Å². The molecule has 0 unspecified atom stereocenters. The van der Waals surface area contributed by atoms with Gasteiger partial charge in [-0.1, -0.05) is 18.2 Å². The summed E-state index contributed by atoms with van der Waals surface area (Å²) in [5, 5.41) is 2.79. The molecule has 0 saturated carbocycles. The third-order valence-electron chi connectivity index (χ3n) is 3.09. The van der Waals surface area contributed by atoms with Crippen molar-refractivity contribution < 1.29 is 13.9 Å². The maximum atomic E-state index is 11.8. The highest BCUT2D eigenvalue weighted by atomic mass is 16.5. The molecule has 4 nitrogen and oxygen atoms in total. The molecule has 0 spiro atoms. The molecule has 1 N–H and O–H groups in total. The Bertz CT molecular complexity index is 719. The maximum absolute atomic E-state index is 11.8. The second-order valence-corrected chi connectivity index (χ2v) is 4.70. The number of hydrogen-bond donors (Lipinski definition) is 1. The van der Waals surface area contributed by atoms with Crippen molar-refractivity contribution in [3.05, 3.63) is 73.0 Å². The molecule has 0 bridgehead atoms. The Kier molecular flexibility index (Phi) is 4.20. The number of anilines is 1. The van der Waals surface area contributed by atoms with Gasteiger partial charge in [0.25, 0.3) is 5.91 Å². The van der Waals surface area contributed by atoms with Crippen LogP contribution in [0.4, 0.5) is 5.69 Å². The fourth-order valence-electron chi connectivity index (χ4n) is 2.02. The zero-order chi connectivity index (χ0) is 15.2. The van der Waals surface area contributed by atoms with Gasteiger partial charge in [0.05, 0.1) is 6.26 Å². The number of carbonyl (C=O) groups is 1. The molecule has 0 fully saturated rings. The fourth-order valence-corrected chi connectivity index (χ4v) is 2.02. The monoisotopic (exact) mass is 293 g/mol. The molecule has 1 aromatic heterocycles. The Hall–Kier alpha value is -3.01. The van der Waals surface area contributed by atoms with E-state index in [-0.39, 0.29) is 12.5 Å². The lowest BCUT2D eigenvalue weighted by Crippen LogP contribution is -2.20. The zero-order valence-electron chi connectivity index (χ0n) is 11.9. The molecule has 2 aromatic carbocycles. The molecule has 4 heteroatoms. The second kappa shape index (κ2) is 6.63. The van der Waals surface area contributed by atoms with Gasteiger partial charge in [0, 0.05) is 11.3 Å². The molecule has 22 heavy (non-hydrogen) atoms. The van der Waals surface area contributed by atoms with Crippen LogP contribution in [0.3, 0.4) is 0 Å². The molecule has 1 heterocycles. The molecular weight excluding hydrogens is 278 g/mol. The molecule has 1 amide bonds. The Balaban J connectivity index is 1.55. The first-order valence-electron chi connectivity index (χ1n) is 6.93. The number of hydrogen-bond acceptors (Lipinski definition) is 3. The van der Waals surface area contributed by atoms with Crippen molar-refractivity contribution in [2.75, 3.05) is 11.9 Å². The SMILES string of the molecule is O=C(COc1ccccc1)Nc1ccc(-c2ccco2)cc1. The largest absolute Gasteiger partial charge is 0.484 e. The number of amides is 1. The van der Waals surface area contributed by atoms with Crippen molar-refractivity contribution in [3.63, 3.8) is 0 Å². The number of para-hydroxylation sites is 1. The number of furan rings is 1. The molecule has 0 aliphatic carbocycles. The summed E-state index contributed by atoms with van der Waals surface area (Å²) < 4.78 is 10.7. The van der Waals surface area contributed by atoms with Crippen LogP contribution >= 0.6 is 0 Å². The van der Waals surface area contributed by atoms with Gasteiger partial charge in [-0.2, -0.15) is 0 Å². The van der Waals surface area contributed by atoms with Gasteiger partial charge in [0.15, 0.2) is 6.61 Å². The highest BCUT2D eigenvalue weighted by molar-refractivity contribution is 5.92. The van der Waals surface area contributed by atoms with Gasteiger partial charge in [0.1, 0.15) is 11.5 Å². The van der Waals surface area contributed by atoms with E-state index >= 15 is 0 Å². The van der Waals surface area contributed by atoms with Gasteiger partial charge >= 0.3 is 0 Å². The van der Waals surface area contributed by atoms with E-state index in [1.807, 2.05) is 66.7 Å². The Morgan fingerprint density at radius 3 is 2.41 bits per heavy atom. The van der Waals surface area contributed by atoms with Crippen LogP contribution in [0, 0.1) is 0 Å². The molecule has 0 radical (unpaired) electrons. The first-order valence-corrected chi connectivity index (χ1v) is 6.93. The van der Waals surface area contributed by atoms with E-state index in [4.69, 9.17) is 9.15 Å². The minimum atomic E-state index is -0.199. The number of carbonyl (C=O) groups excluding carboxylic acids is 1. The predicted molar refractivity (Wildman–Crippen MR) is 84.7 cm³/mol. The summed E-state index contributed by atoms with van der Waals surface area (Å²) in [7, 11) is 0. The van der Waals surface area contributed by atoms with Crippen LogP contribution in [0.1, 0.15) is 0 Å². The molecule has 0 saturated heterocycles. The number of benzene rings is 2. The summed E-state index contributed by atoms with van der Waals surface area (Å²) in [5.74, 6) is 1.27. The van der Waals surface area contributed by atoms with Crippen molar-refractivity contribution >= 4 is 11.6 Å². The highest BCUT2D eigenvalue weighted by Crippen LogP contribution is 2.21. The van der Waals surface area contributed by atoms with E-state index in [0.29, 0.717) is 5.75 Å². The Morgan fingerprint density at radius 1 is 0.955 bits per heavy atom. The lowest BCUT2D eigenvalue weighted by atomic mass is 10.1. The van der Waals surface area contributed by atoms with Gasteiger partial charge in [-0.15, -0.1) is 0 Å². The molecule has 3 aromatic rings. The summed E-state index contributed by atoms with van der Waals surface area (Å²) in [6, 6.07) is 20.4. The average Bonchev–Trinajstić information content (AvgIpc) is 3.09. The van der Waals surface area contributed by atoms with Crippen molar-refractivity contribution in [3.8, 4) is 17.1 Å². The minimum absolute atomic E-state index is 0.0239. The lowest BCUT2D eigenvalue weighted by Gasteiger charge is -2.07. The summed E-state index contributed by atoms with van der Waals surface area (Å²) in [5.41, 5.74) is 1.68. The van der Waals surface area contributed by atoms with Crippen molar-refractivity contribution in [1.29, 1.82) is 0 Å². The number of nitrogens with one attached hydrogen (secondary N) is 1. The topological polar surface area (TPSA) is 51.5 Å². The summed E-state index contributed by atoms with van der Waals surface area (Å²) in [6.07, 6.45) is 1.63. The van der Waals surface area contributed by atoms with E-state index in [9.17, 15) is 4.79 Å². The lowest BCUT2D eigenvalue weighted by molar-refractivity contribution is -0.118. The molecule has 0 aliphatic rings. The second-order valence-electron chi connectivity index (χ2n) is 4.70. The Morgan fingerprint density at radius 2 is 1.73 bits per heavy atom. The van der Waals surface area contributed by atoms with Gasteiger partial charge in [-0.05, 0) is 48.5 Å².